The van der Waals surface area contributed by atoms with Crippen molar-refractivity contribution in [1.82, 2.24) is 4.57 Å². The Labute approximate surface area is 151 Å². The Kier molecular flexibility index (Phi) is 5.17. The van der Waals surface area contributed by atoms with Crippen molar-refractivity contribution in [1.29, 1.82) is 0 Å². The van der Waals surface area contributed by atoms with E-state index in [1.807, 2.05) is 6.07 Å². The van der Waals surface area contributed by atoms with E-state index in [-0.39, 0.29) is 11.5 Å². The van der Waals surface area contributed by atoms with Crippen LogP contribution in [0, 0.1) is 0 Å². The van der Waals surface area contributed by atoms with Crippen LogP contribution in [0.1, 0.15) is 27.7 Å². The van der Waals surface area contributed by atoms with Gasteiger partial charge in [-0.25, -0.2) is 4.79 Å². The fourth-order valence-corrected chi connectivity index (χ4v) is 2.88. The summed E-state index contributed by atoms with van der Waals surface area (Å²) in [7, 11) is 1.33. The Morgan fingerprint density at radius 3 is 2.35 bits per heavy atom. The van der Waals surface area contributed by atoms with Crippen molar-refractivity contribution in [2.24, 2.45) is 0 Å². The zero-order chi connectivity index (χ0) is 18.5. The molecule has 1 N–H and O–H groups in total. The molecular formula is C21H19NO4. The van der Waals surface area contributed by atoms with Gasteiger partial charge in [-0.2, -0.15) is 0 Å². The highest BCUT2D eigenvalue weighted by atomic mass is 16.5. The number of carbonyl (C=O) groups is 2. The predicted molar refractivity (Wildman–Crippen MR) is 97.2 cm³/mol. The van der Waals surface area contributed by atoms with Gasteiger partial charge in [0.05, 0.1) is 12.8 Å². The van der Waals surface area contributed by atoms with Gasteiger partial charge in [0.15, 0.2) is 0 Å². The second-order valence-electron chi connectivity index (χ2n) is 5.91. The van der Waals surface area contributed by atoms with Gasteiger partial charge < -0.3 is 14.4 Å². The number of hydrogen-bond acceptors (Lipinski definition) is 4. The molecule has 0 saturated heterocycles. The van der Waals surface area contributed by atoms with Crippen LogP contribution in [-0.2, 0) is 16.0 Å². The number of carbonyl (C=O) groups excluding carboxylic acids is 2. The number of phenols is 1. The number of aromatic nitrogens is 1. The zero-order valence-electron chi connectivity index (χ0n) is 14.3. The molecule has 3 aromatic rings. The molecule has 0 radical (unpaired) electrons. The van der Waals surface area contributed by atoms with Gasteiger partial charge in [-0.3, -0.25) is 4.79 Å². The van der Waals surface area contributed by atoms with Crippen LogP contribution in [0.15, 0.2) is 72.9 Å². The molecule has 5 nitrogen and oxygen atoms in total. The van der Waals surface area contributed by atoms with Crippen LogP contribution < -0.4 is 0 Å². The van der Waals surface area contributed by atoms with E-state index in [9.17, 15) is 14.7 Å². The van der Waals surface area contributed by atoms with E-state index in [4.69, 9.17) is 4.74 Å². The fourth-order valence-electron chi connectivity index (χ4n) is 2.88. The third kappa shape index (κ3) is 3.67. The number of ketones is 1. The van der Waals surface area contributed by atoms with Gasteiger partial charge in [-0.05, 0) is 29.8 Å². The maximum Gasteiger partial charge on any atom is 0.329 e. The van der Waals surface area contributed by atoms with Crippen LogP contribution >= 0.6 is 0 Å². The summed E-state index contributed by atoms with van der Waals surface area (Å²) in [6.07, 6.45) is 2.05. The van der Waals surface area contributed by atoms with E-state index in [1.54, 1.807) is 71.4 Å². The number of aromatic hydroxyl groups is 1. The molecule has 0 bridgehead atoms. The number of hydrogen-bond donors (Lipinski definition) is 1. The average molecular weight is 349 g/mol. The fraction of sp³-hybridized carbons (Fsp3) is 0.143. The highest BCUT2D eigenvalue weighted by Gasteiger charge is 2.26. The monoisotopic (exact) mass is 349 g/mol. The summed E-state index contributed by atoms with van der Waals surface area (Å²) in [6.45, 7) is 0. The molecule has 1 heterocycles. The molecule has 132 valence electrons. The van der Waals surface area contributed by atoms with Gasteiger partial charge in [0, 0.05) is 18.2 Å². The molecule has 0 aliphatic heterocycles. The summed E-state index contributed by atoms with van der Waals surface area (Å²) < 4.78 is 6.60. The number of phenolic OH excluding ortho intramolecular Hbond substituents is 1. The molecule has 0 aliphatic carbocycles. The molecule has 0 aliphatic rings. The summed E-state index contributed by atoms with van der Waals surface area (Å²) >= 11 is 0. The predicted octanol–water partition coefficient (Wildman–Crippen LogP) is 3.38. The van der Waals surface area contributed by atoms with Crippen molar-refractivity contribution in [3.63, 3.8) is 0 Å². The van der Waals surface area contributed by atoms with Crippen molar-refractivity contribution >= 4 is 11.8 Å². The highest BCUT2D eigenvalue weighted by molar-refractivity contribution is 6.08. The van der Waals surface area contributed by atoms with Gasteiger partial charge in [0.2, 0.25) is 5.78 Å². The first-order valence-electron chi connectivity index (χ1n) is 8.22. The van der Waals surface area contributed by atoms with Crippen molar-refractivity contribution in [3.05, 3.63) is 89.7 Å². The maximum absolute atomic E-state index is 12.8. The maximum atomic E-state index is 12.8. The van der Waals surface area contributed by atoms with E-state index in [0.717, 1.165) is 5.56 Å². The molecule has 0 saturated carbocycles. The first-order chi connectivity index (χ1) is 12.6. The average Bonchev–Trinajstić information content (AvgIpc) is 3.16. The van der Waals surface area contributed by atoms with Crippen LogP contribution in [0.3, 0.4) is 0 Å². The molecule has 5 heteroatoms. The SMILES string of the molecule is COC(=O)C(Cc1ccc(O)cc1)n1cccc1C(=O)c1ccccc1. The number of methoxy groups -OCH3 is 1. The quantitative estimate of drug-likeness (QED) is 0.547. The number of nitrogens with zero attached hydrogens (tertiary/aromatic N) is 1. The number of ether oxygens (including phenoxy) is 1. The van der Waals surface area contributed by atoms with E-state index < -0.39 is 12.0 Å². The lowest BCUT2D eigenvalue weighted by atomic mass is 10.0. The van der Waals surface area contributed by atoms with Gasteiger partial charge in [-0.1, -0.05) is 42.5 Å². The minimum atomic E-state index is -0.679. The Hall–Kier alpha value is -3.34. The van der Waals surface area contributed by atoms with Gasteiger partial charge in [0.25, 0.3) is 0 Å². The van der Waals surface area contributed by atoms with Crippen LogP contribution in [0.2, 0.25) is 0 Å². The van der Waals surface area contributed by atoms with Crippen LogP contribution in [0.4, 0.5) is 0 Å². The number of esters is 1. The molecule has 0 amide bonds. The van der Waals surface area contributed by atoms with E-state index in [0.29, 0.717) is 17.7 Å². The minimum Gasteiger partial charge on any atom is -0.508 e. The van der Waals surface area contributed by atoms with Crippen molar-refractivity contribution in [3.8, 4) is 5.75 Å². The summed E-state index contributed by atoms with van der Waals surface area (Å²) in [5, 5.41) is 9.43. The Morgan fingerprint density at radius 1 is 1.00 bits per heavy atom. The largest absolute Gasteiger partial charge is 0.508 e. The van der Waals surface area contributed by atoms with Crippen LogP contribution in [-0.4, -0.2) is 28.5 Å². The van der Waals surface area contributed by atoms with Crippen LogP contribution in [0.25, 0.3) is 0 Å². The third-order valence-corrected chi connectivity index (χ3v) is 4.22. The molecule has 2 aromatic carbocycles. The second-order valence-corrected chi connectivity index (χ2v) is 5.91. The molecular weight excluding hydrogens is 330 g/mol. The third-order valence-electron chi connectivity index (χ3n) is 4.22. The zero-order valence-corrected chi connectivity index (χ0v) is 14.3. The standard InChI is InChI=1S/C21H19NO4/c1-26-21(25)19(14-15-9-11-17(23)12-10-15)22-13-5-8-18(22)20(24)16-6-3-2-4-7-16/h2-13,19,23H,14H2,1H3. The van der Waals surface area contributed by atoms with E-state index in [1.165, 1.54) is 7.11 Å². The molecule has 1 aromatic heterocycles. The minimum absolute atomic E-state index is 0.157. The first-order valence-corrected chi connectivity index (χ1v) is 8.22. The highest BCUT2D eigenvalue weighted by Crippen LogP contribution is 2.22. The molecule has 1 unspecified atom stereocenters. The lowest BCUT2D eigenvalue weighted by Crippen LogP contribution is -2.25. The van der Waals surface area contributed by atoms with E-state index in [2.05, 4.69) is 0 Å². The summed E-state index contributed by atoms with van der Waals surface area (Å²) in [4.78, 5) is 25.2. The molecule has 1 atom stereocenters. The normalized spacial score (nSPS) is 11.7. The lowest BCUT2D eigenvalue weighted by molar-refractivity contribution is -0.144. The first kappa shape index (κ1) is 17.5. The molecule has 26 heavy (non-hydrogen) atoms. The van der Waals surface area contributed by atoms with Gasteiger partial charge in [-0.15, -0.1) is 0 Å². The van der Waals surface area contributed by atoms with E-state index >= 15 is 0 Å². The van der Waals surface area contributed by atoms with Gasteiger partial charge >= 0.3 is 5.97 Å². The lowest BCUT2D eigenvalue weighted by Gasteiger charge is -2.19. The summed E-state index contributed by atoms with van der Waals surface area (Å²) in [5.74, 6) is -0.434. The molecule has 0 spiro atoms. The Balaban J connectivity index is 1.95. The summed E-state index contributed by atoms with van der Waals surface area (Å²) in [6, 6.07) is 18.3. The van der Waals surface area contributed by atoms with Crippen molar-refractivity contribution < 1.29 is 19.4 Å². The Bertz CT molecular complexity index is 897. The number of rotatable bonds is 6. The van der Waals surface area contributed by atoms with Crippen molar-refractivity contribution in [2.75, 3.05) is 7.11 Å². The van der Waals surface area contributed by atoms with Gasteiger partial charge in [0.1, 0.15) is 11.8 Å². The van der Waals surface area contributed by atoms with Crippen molar-refractivity contribution in [2.45, 2.75) is 12.5 Å². The Morgan fingerprint density at radius 2 is 1.69 bits per heavy atom. The molecule has 3 rings (SSSR count). The topological polar surface area (TPSA) is 68.5 Å². The smallest absolute Gasteiger partial charge is 0.329 e. The summed E-state index contributed by atoms with van der Waals surface area (Å²) in [5.41, 5.74) is 1.83. The number of benzene rings is 2. The second kappa shape index (κ2) is 7.70. The van der Waals surface area contributed by atoms with Crippen LogP contribution in [0.5, 0.6) is 5.75 Å². The molecule has 0 fully saturated rings.